The summed E-state index contributed by atoms with van der Waals surface area (Å²) in [5.74, 6) is 0.599. The number of carbonyl (C=O) groups is 1. The minimum Gasteiger partial charge on any atom is -0.312 e. The molecule has 0 saturated carbocycles. The van der Waals surface area contributed by atoms with Crippen molar-refractivity contribution >= 4 is 28.6 Å². The fourth-order valence-electron chi connectivity index (χ4n) is 4.83. The van der Waals surface area contributed by atoms with E-state index in [2.05, 4.69) is 43.9 Å². The molecule has 0 spiro atoms. The van der Waals surface area contributed by atoms with Crippen molar-refractivity contribution in [1.82, 2.24) is 18.7 Å². The molecule has 0 unspecified atom stereocenters. The minimum absolute atomic E-state index is 0.252. The monoisotopic (exact) mass is 457 g/mol. The maximum Gasteiger partial charge on any atom is 0.332 e. The third-order valence-electron chi connectivity index (χ3n) is 6.36. The second-order valence-electron chi connectivity index (χ2n) is 9.28. The Hall–Kier alpha value is -3.94. The van der Waals surface area contributed by atoms with Gasteiger partial charge in [-0.3, -0.25) is 18.7 Å². The smallest absolute Gasteiger partial charge is 0.312 e. The zero-order chi connectivity index (χ0) is 24.1. The van der Waals surface area contributed by atoms with Crippen LogP contribution >= 0.6 is 0 Å². The SMILES string of the molecule is Cc1cc(C)cc(N2C[C@H](C)Cn3c2nc2c3c(=O)n(CC(=O)c3ccccc3)c(=O)n2C)c1. The van der Waals surface area contributed by atoms with E-state index in [9.17, 15) is 14.4 Å². The van der Waals surface area contributed by atoms with E-state index < -0.39 is 11.2 Å². The molecular weight excluding hydrogens is 430 g/mol. The normalized spacial score (nSPS) is 15.5. The molecule has 0 radical (unpaired) electrons. The quantitative estimate of drug-likeness (QED) is 0.440. The lowest BCUT2D eigenvalue weighted by molar-refractivity contribution is 0.0969. The summed E-state index contributed by atoms with van der Waals surface area (Å²) in [6.07, 6.45) is 0. The van der Waals surface area contributed by atoms with Gasteiger partial charge in [-0.15, -0.1) is 0 Å². The van der Waals surface area contributed by atoms with Gasteiger partial charge in [0.15, 0.2) is 16.9 Å². The summed E-state index contributed by atoms with van der Waals surface area (Å²) in [4.78, 5) is 46.4. The van der Waals surface area contributed by atoms with Gasteiger partial charge in [0.1, 0.15) is 0 Å². The molecule has 0 fully saturated rings. The summed E-state index contributed by atoms with van der Waals surface area (Å²) < 4.78 is 4.28. The van der Waals surface area contributed by atoms with Crippen LogP contribution in [0.2, 0.25) is 0 Å². The fourth-order valence-corrected chi connectivity index (χ4v) is 4.83. The first-order valence-corrected chi connectivity index (χ1v) is 11.4. The number of Topliss-reactive ketones (excluding diaryl/α,β-unsaturated/α-hetero) is 1. The van der Waals surface area contributed by atoms with Gasteiger partial charge in [-0.1, -0.05) is 43.3 Å². The molecule has 0 saturated heterocycles. The van der Waals surface area contributed by atoms with Crippen molar-refractivity contribution in [2.75, 3.05) is 11.4 Å². The number of imidazole rings is 1. The van der Waals surface area contributed by atoms with Gasteiger partial charge in [0.2, 0.25) is 5.95 Å². The Balaban J connectivity index is 1.69. The molecule has 34 heavy (non-hydrogen) atoms. The summed E-state index contributed by atoms with van der Waals surface area (Å²) in [7, 11) is 1.59. The topological polar surface area (TPSA) is 82.1 Å². The maximum atomic E-state index is 13.6. The lowest BCUT2D eigenvalue weighted by atomic mass is 10.1. The summed E-state index contributed by atoms with van der Waals surface area (Å²) in [5.41, 5.74) is 3.39. The van der Waals surface area contributed by atoms with Crippen LogP contribution in [0.25, 0.3) is 11.2 Å². The Morgan fingerprint density at radius 2 is 1.71 bits per heavy atom. The summed E-state index contributed by atoms with van der Waals surface area (Å²) in [6.45, 7) is 7.28. The highest BCUT2D eigenvalue weighted by molar-refractivity contribution is 5.96. The maximum absolute atomic E-state index is 13.6. The van der Waals surface area contributed by atoms with E-state index in [0.29, 0.717) is 29.2 Å². The number of aromatic nitrogens is 4. The Bertz CT molecular complexity index is 1520. The lowest BCUT2D eigenvalue weighted by Crippen LogP contribution is -2.42. The van der Waals surface area contributed by atoms with Gasteiger partial charge < -0.3 is 9.47 Å². The van der Waals surface area contributed by atoms with Crippen molar-refractivity contribution in [2.45, 2.75) is 33.9 Å². The molecule has 2 aromatic heterocycles. The Morgan fingerprint density at radius 1 is 1.03 bits per heavy atom. The summed E-state index contributed by atoms with van der Waals surface area (Å²) >= 11 is 0. The molecule has 0 aliphatic carbocycles. The Morgan fingerprint density at radius 3 is 2.38 bits per heavy atom. The molecule has 174 valence electrons. The van der Waals surface area contributed by atoms with Crippen LogP contribution in [0.3, 0.4) is 0 Å². The number of ketones is 1. The number of aryl methyl sites for hydroxylation is 3. The van der Waals surface area contributed by atoms with E-state index in [-0.39, 0.29) is 18.2 Å². The highest BCUT2D eigenvalue weighted by Crippen LogP contribution is 2.33. The molecule has 0 amide bonds. The van der Waals surface area contributed by atoms with E-state index in [1.807, 2.05) is 10.6 Å². The zero-order valence-corrected chi connectivity index (χ0v) is 19.8. The molecule has 1 aliphatic rings. The van der Waals surface area contributed by atoms with Gasteiger partial charge in [-0.05, 0) is 43.0 Å². The number of carbonyl (C=O) groups excluding carboxylic acids is 1. The fraction of sp³-hybridized carbons (Fsp3) is 0.308. The molecule has 1 atom stereocenters. The van der Waals surface area contributed by atoms with Crippen molar-refractivity contribution in [1.29, 1.82) is 0 Å². The average Bonchev–Trinajstić information content (AvgIpc) is 3.19. The summed E-state index contributed by atoms with van der Waals surface area (Å²) in [6, 6.07) is 15.0. The van der Waals surface area contributed by atoms with Gasteiger partial charge >= 0.3 is 5.69 Å². The Labute approximate surface area is 196 Å². The molecule has 8 heteroatoms. The van der Waals surface area contributed by atoms with E-state index in [1.165, 1.54) is 4.57 Å². The zero-order valence-electron chi connectivity index (χ0n) is 19.8. The summed E-state index contributed by atoms with van der Waals surface area (Å²) in [5, 5.41) is 0. The highest BCUT2D eigenvalue weighted by atomic mass is 16.2. The van der Waals surface area contributed by atoms with Crippen molar-refractivity contribution in [3.05, 3.63) is 86.1 Å². The van der Waals surface area contributed by atoms with Crippen LogP contribution in [-0.2, 0) is 20.1 Å². The van der Waals surface area contributed by atoms with Crippen LogP contribution in [0.4, 0.5) is 11.6 Å². The van der Waals surface area contributed by atoms with Gasteiger partial charge in [-0.25, -0.2) is 4.79 Å². The van der Waals surface area contributed by atoms with E-state index in [1.54, 1.807) is 31.3 Å². The molecule has 4 aromatic rings. The lowest BCUT2D eigenvalue weighted by Gasteiger charge is -2.33. The number of anilines is 2. The van der Waals surface area contributed by atoms with Gasteiger partial charge in [0.25, 0.3) is 5.56 Å². The largest absolute Gasteiger partial charge is 0.332 e. The van der Waals surface area contributed by atoms with Crippen LogP contribution in [0.1, 0.15) is 28.4 Å². The molecule has 0 bridgehead atoms. The predicted molar refractivity (Wildman–Crippen MR) is 132 cm³/mol. The Kier molecular flexibility index (Phi) is 5.23. The van der Waals surface area contributed by atoms with E-state index in [4.69, 9.17) is 4.98 Å². The number of hydrogen-bond acceptors (Lipinski definition) is 5. The van der Waals surface area contributed by atoms with E-state index in [0.717, 1.165) is 27.9 Å². The van der Waals surface area contributed by atoms with Gasteiger partial charge in [-0.2, -0.15) is 4.98 Å². The number of fused-ring (bicyclic) bond motifs is 3. The molecule has 1 aliphatic heterocycles. The van der Waals surface area contributed by atoms with Crippen molar-refractivity contribution in [3.8, 4) is 0 Å². The predicted octanol–water partition coefficient (Wildman–Crippen LogP) is 3.18. The number of hydrogen-bond donors (Lipinski definition) is 0. The van der Waals surface area contributed by atoms with Gasteiger partial charge in [0, 0.05) is 31.4 Å². The first kappa shape index (κ1) is 21.9. The van der Waals surface area contributed by atoms with E-state index >= 15 is 0 Å². The first-order valence-electron chi connectivity index (χ1n) is 11.4. The van der Waals surface area contributed by atoms with Gasteiger partial charge in [0.05, 0.1) is 6.54 Å². The highest BCUT2D eigenvalue weighted by Gasteiger charge is 2.30. The third kappa shape index (κ3) is 3.55. The number of benzene rings is 2. The first-order chi connectivity index (χ1) is 16.2. The molecule has 8 nitrogen and oxygen atoms in total. The van der Waals surface area contributed by atoms with Crippen LogP contribution in [0.15, 0.2) is 58.1 Å². The standard InChI is InChI=1S/C26H27N5O3/c1-16-10-17(2)12-20(11-16)29-13-18(3)14-30-22-23(27-25(29)30)28(4)26(34)31(24(22)33)15-21(32)19-8-6-5-7-9-19/h5-12,18H,13-15H2,1-4H3/t18-/m0/s1. The number of rotatable bonds is 4. The van der Waals surface area contributed by atoms with Crippen molar-refractivity contribution in [3.63, 3.8) is 0 Å². The average molecular weight is 458 g/mol. The van der Waals surface area contributed by atoms with Crippen molar-refractivity contribution in [2.24, 2.45) is 13.0 Å². The van der Waals surface area contributed by atoms with Crippen LogP contribution < -0.4 is 16.1 Å². The second-order valence-corrected chi connectivity index (χ2v) is 9.28. The van der Waals surface area contributed by atoms with Crippen LogP contribution in [0.5, 0.6) is 0 Å². The second kappa shape index (κ2) is 8.13. The third-order valence-corrected chi connectivity index (χ3v) is 6.36. The minimum atomic E-state index is -0.553. The molecule has 5 rings (SSSR count). The van der Waals surface area contributed by atoms with Crippen molar-refractivity contribution < 1.29 is 4.79 Å². The molecule has 0 N–H and O–H groups in total. The molecular formula is C26H27N5O3. The van der Waals surface area contributed by atoms with Crippen LogP contribution in [-0.4, -0.2) is 31.0 Å². The number of nitrogens with zero attached hydrogens (tertiary/aromatic N) is 5. The molecule has 2 aromatic carbocycles. The van der Waals surface area contributed by atoms with Crippen LogP contribution in [0, 0.1) is 19.8 Å². The molecule has 3 heterocycles.